The predicted octanol–water partition coefficient (Wildman–Crippen LogP) is 6.85. The first kappa shape index (κ1) is 34.7. The van der Waals surface area contributed by atoms with Crippen LogP contribution in [0.3, 0.4) is 0 Å². The molecule has 0 aliphatic heterocycles. The highest BCUT2D eigenvalue weighted by Crippen LogP contribution is 2.28. The van der Waals surface area contributed by atoms with Gasteiger partial charge in [0.15, 0.2) is 0 Å². The molecule has 0 spiro atoms. The number of carbonyl (C=O) groups is 2. The van der Waals surface area contributed by atoms with Crippen molar-refractivity contribution in [2.45, 2.75) is 64.1 Å². The van der Waals surface area contributed by atoms with E-state index in [1.165, 1.54) is 35.2 Å². The number of nitrogens with zero attached hydrogens (tertiary/aromatic N) is 2. The van der Waals surface area contributed by atoms with E-state index in [4.69, 9.17) is 11.6 Å². The summed E-state index contributed by atoms with van der Waals surface area (Å²) >= 11 is 6.05. The molecule has 0 radical (unpaired) electrons. The lowest BCUT2D eigenvalue weighted by atomic mass is 10.0. The van der Waals surface area contributed by atoms with Gasteiger partial charge in [-0.15, -0.1) is 0 Å². The van der Waals surface area contributed by atoms with E-state index in [0.29, 0.717) is 11.4 Å². The molecule has 0 aliphatic carbocycles. The summed E-state index contributed by atoms with van der Waals surface area (Å²) in [5.74, 6) is -1.62. The zero-order chi connectivity index (χ0) is 33.4. The van der Waals surface area contributed by atoms with Gasteiger partial charge in [0.25, 0.3) is 10.0 Å². The Morgan fingerprint density at radius 3 is 2.17 bits per heavy atom. The van der Waals surface area contributed by atoms with Gasteiger partial charge in [-0.25, -0.2) is 12.8 Å². The third-order valence-corrected chi connectivity index (χ3v) is 10.1. The largest absolute Gasteiger partial charge is 0.352 e. The van der Waals surface area contributed by atoms with E-state index in [0.717, 1.165) is 21.0 Å². The Kier molecular flexibility index (Phi) is 11.6. The van der Waals surface area contributed by atoms with Crippen LogP contribution in [0.1, 0.15) is 42.5 Å². The van der Waals surface area contributed by atoms with E-state index in [1.807, 2.05) is 58.0 Å². The molecule has 0 heterocycles. The van der Waals surface area contributed by atoms with E-state index in [-0.39, 0.29) is 35.2 Å². The Morgan fingerprint density at radius 2 is 1.54 bits per heavy atom. The molecule has 7 nitrogen and oxygen atoms in total. The second-order valence-corrected chi connectivity index (χ2v) is 13.7. The van der Waals surface area contributed by atoms with Crippen molar-refractivity contribution < 1.29 is 22.4 Å². The molecule has 1 N–H and O–H groups in total. The molecule has 0 fully saturated rings. The zero-order valence-corrected chi connectivity index (χ0v) is 28.0. The quantitative estimate of drug-likeness (QED) is 0.170. The van der Waals surface area contributed by atoms with Gasteiger partial charge in [0, 0.05) is 29.6 Å². The van der Waals surface area contributed by atoms with Crippen molar-refractivity contribution >= 4 is 39.1 Å². The summed E-state index contributed by atoms with van der Waals surface area (Å²) in [6.07, 6.45) is 0.793. The molecule has 4 aromatic carbocycles. The van der Waals surface area contributed by atoms with Crippen molar-refractivity contribution in [2.24, 2.45) is 0 Å². The number of anilines is 1. The van der Waals surface area contributed by atoms with E-state index in [1.54, 1.807) is 36.4 Å². The van der Waals surface area contributed by atoms with Crippen LogP contribution >= 0.6 is 11.6 Å². The lowest BCUT2D eigenvalue weighted by molar-refractivity contribution is -0.140. The highest BCUT2D eigenvalue weighted by Gasteiger charge is 2.35. The first-order chi connectivity index (χ1) is 21.9. The smallest absolute Gasteiger partial charge is 0.264 e. The number of rotatable bonds is 13. The number of hydrogen-bond donors (Lipinski definition) is 1. The molecule has 10 heteroatoms. The SMILES string of the molecule is CCC(C)NC(=O)C(Cc1ccccc1)N(Cc1ccccc1F)C(=O)CN(c1ccc(C)c(C)c1)S(=O)(=O)c1ccc(Cl)cc1. The number of hydrogen-bond acceptors (Lipinski definition) is 4. The van der Waals surface area contributed by atoms with E-state index in [9.17, 15) is 18.0 Å². The summed E-state index contributed by atoms with van der Waals surface area (Å²) in [6.45, 7) is 6.67. The third-order valence-electron chi connectivity index (χ3n) is 8.03. The molecule has 2 unspecified atom stereocenters. The standard InChI is InChI=1S/C36H39ClFN3O4S/c1-5-27(4)39-36(43)34(22-28-11-7-6-8-12-28)40(23-29-13-9-10-14-33(29)38)35(42)24-41(31-18-15-25(2)26(3)21-31)46(44,45)32-19-16-30(37)17-20-32/h6-21,27,34H,5,22-24H2,1-4H3,(H,39,43). The summed E-state index contributed by atoms with van der Waals surface area (Å²) in [7, 11) is -4.29. The lowest BCUT2D eigenvalue weighted by Gasteiger charge is -2.34. The maximum atomic E-state index is 15.1. The molecule has 0 bridgehead atoms. The summed E-state index contributed by atoms with van der Waals surface area (Å²) in [6, 6.07) is 24.8. The van der Waals surface area contributed by atoms with Crippen molar-refractivity contribution in [3.8, 4) is 0 Å². The maximum Gasteiger partial charge on any atom is 0.264 e. The molecule has 46 heavy (non-hydrogen) atoms. The second kappa shape index (κ2) is 15.4. The lowest BCUT2D eigenvalue weighted by Crippen LogP contribution is -2.54. The minimum Gasteiger partial charge on any atom is -0.352 e. The average molecular weight is 664 g/mol. The molecule has 0 saturated heterocycles. The van der Waals surface area contributed by atoms with E-state index < -0.39 is 40.2 Å². The second-order valence-electron chi connectivity index (χ2n) is 11.4. The molecule has 242 valence electrons. The highest BCUT2D eigenvalue weighted by atomic mass is 35.5. The van der Waals surface area contributed by atoms with E-state index in [2.05, 4.69) is 5.32 Å². The van der Waals surface area contributed by atoms with Crippen LogP contribution < -0.4 is 9.62 Å². The molecule has 0 aromatic heterocycles. The normalized spacial score (nSPS) is 12.7. The number of sulfonamides is 1. The van der Waals surface area contributed by atoms with Gasteiger partial charge in [-0.05, 0) is 86.3 Å². The number of amides is 2. The van der Waals surface area contributed by atoms with Crippen molar-refractivity contribution in [2.75, 3.05) is 10.8 Å². The molecule has 2 amide bonds. The van der Waals surface area contributed by atoms with Gasteiger partial charge in [-0.3, -0.25) is 13.9 Å². The van der Waals surface area contributed by atoms with Crippen LogP contribution in [0, 0.1) is 19.7 Å². The van der Waals surface area contributed by atoms with Gasteiger partial charge in [-0.1, -0.05) is 73.1 Å². The molecule has 4 rings (SSSR count). The Hall–Kier alpha value is -4.21. The molecular weight excluding hydrogens is 625 g/mol. The minimum atomic E-state index is -4.29. The highest BCUT2D eigenvalue weighted by molar-refractivity contribution is 7.92. The van der Waals surface area contributed by atoms with Crippen molar-refractivity contribution in [1.82, 2.24) is 10.2 Å². The van der Waals surface area contributed by atoms with Crippen molar-refractivity contribution in [3.05, 3.63) is 130 Å². The van der Waals surface area contributed by atoms with Crippen molar-refractivity contribution in [3.63, 3.8) is 0 Å². The first-order valence-corrected chi connectivity index (χ1v) is 16.9. The fourth-order valence-electron chi connectivity index (χ4n) is 4.95. The van der Waals surface area contributed by atoms with Gasteiger partial charge in [0.1, 0.15) is 18.4 Å². The summed E-state index contributed by atoms with van der Waals surface area (Å²) < 4.78 is 44.4. The van der Waals surface area contributed by atoms with Crippen LogP contribution in [0.15, 0.2) is 102 Å². The molecule has 0 saturated carbocycles. The summed E-state index contributed by atoms with van der Waals surface area (Å²) in [5.41, 5.74) is 3.05. The van der Waals surface area contributed by atoms with Crippen LogP contribution in [-0.4, -0.2) is 43.8 Å². The maximum absolute atomic E-state index is 15.1. The van der Waals surface area contributed by atoms with Crippen LogP contribution in [-0.2, 0) is 32.6 Å². The predicted molar refractivity (Wildman–Crippen MR) is 181 cm³/mol. The van der Waals surface area contributed by atoms with Gasteiger partial charge in [0.05, 0.1) is 10.6 Å². The summed E-state index contributed by atoms with van der Waals surface area (Å²) in [4.78, 5) is 29.6. The van der Waals surface area contributed by atoms with Gasteiger partial charge >= 0.3 is 0 Å². The third kappa shape index (κ3) is 8.53. The minimum absolute atomic E-state index is 0.0565. The van der Waals surface area contributed by atoms with Gasteiger partial charge in [-0.2, -0.15) is 0 Å². The molecule has 4 aromatic rings. The fourth-order valence-corrected chi connectivity index (χ4v) is 6.48. The number of halogens is 2. The number of benzene rings is 4. The first-order valence-electron chi connectivity index (χ1n) is 15.1. The molecular formula is C36H39ClFN3O4S. The number of nitrogens with one attached hydrogen (secondary N) is 1. The Morgan fingerprint density at radius 1 is 0.891 bits per heavy atom. The Labute approximate surface area is 276 Å². The van der Waals surface area contributed by atoms with E-state index >= 15 is 4.39 Å². The number of aryl methyl sites for hydroxylation is 2. The number of carbonyl (C=O) groups excluding carboxylic acids is 2. The van der Waals surface area contributed by atoms with Crippen LogP contribution in [0.2, 0.25) is 5.02 Å². The monoisotopic (exact) mass is 663 g/mol. The topological polar surface area (TPSA) is 86.8 Å². The van der Waals surface area contributed by atoms with Crippen molar-refractivity contribution in [1.29, 1.82) is 0 Å². The molecule has 0 aliphatic rings. The Balaban J connectivity index is 1.83. The zero-order valence-electron chi connectivity index (χ0n) is 26.4. The average Bonchev–Trinajstić information content (AvgIpc) is 3.04. The van der Waals surface area contributed by atoms with Crippen LogP contribution in [0.4, 0.5) is 10.1 Å². The van der Waals surface area contributed by atoms with Gasteiger partial charge < -0.3 is 10.2 Å². The summed E-state index contributed by atoms with van der Waals surface area (Å²) in [5, 5.41) is 3.34. The molecule has 2 atom stereocenters. The van der Waals surface area contributed by atoms with Crippen LogP contribution in [0.25, 0.3) is 0 Å². The Bertz CT molecular complexity index is 1770. The fraction of sp³-hybridized carbons (Fsp3) is 0.278. The van der Waals surface area contributed by atoms with Crippen LogP contribution in [0.5, 0.6) is 0 Å². The van der Waals surface area contributed by atoms with Gasteiger partial charge in [0.2, 0.25) is 11.8 Å².